The van der Waals surface area contributed by atoms with Crippen LogP contribution < -0.4 is 10.6 Å². The normalized spacial score (nSPS) is 17.5. The molecular weight excluding hydrogens is 405 g/mol. The third-order valence-corrected chi connectivity index (χ3v) is 6.23. The topological polar surface area (TPSA) is 78.4 Å². The van der Waals surface area contributed by atoms with Gasteiger partial charge in [0.05, 0.1) is 11.1 Å². The highest BCUT2D eigenvalue weighted by Gasteiger charge is 2.41. The Balaban J connectivity index is 1.97. The Bertz CT molecular complexity index is 976. The molecule has 9 heteroatoms. The van der Waals surface area contributed by atoms with Crippen LogP contribution in [0.5, 0.6) is 0 Å². The smallest absolute Gasteiger partial charge is 0.416 e. The molecule has 3 N–H and O–H groups in total. The maximum absolute atomic E-state index is 12.7. The maximum Gasteiger partial charge on any atom is 0.416 e. The van der Waals surface area contributed by atoms with Gasteiger partial charge in [0, 0.05) is 21.5 Å². The zero-order valence-electron chi connectivity index (χ0n) is 16.3. The van der Waals surface area contributed by atoms with Gasteiger partial charge in [0.15, 0.2) is 0 Å². The van der Waals surface area contributed by atoms with Gasteiger partial charge in [-0.05, 0) is 63.9 Å². The van der Waals surface area contributed by atoms with Crippen molar-refractivity contribution in [2.45, 2.75) is 51.4 Å². The number of hydrogen-bond acceptors (Lipinski definition) is 4. The van der Waals surface area contributed by atoms with Crippen LogP contribution in [-0.4, -0.2) is 22.5 Å². The molecule has 1 aliphatic rings. The van der Waals surface area contributed by atoms with Gasteiger partial charge in [0.2, 0.25) is 0 Å². The molecule has 0 atom stereocenters. The second-order valence-corrected chi connectivity index (χ2v) is 9.28. The second-order valence-electron chi connectivity index (χ2n) is 8.26. The minimum absolute atomic E-state index is 0.0124. The number of carbonyl (C=O) groups is 2. The number of carboxylic acids is 1. The third kappa shape index (κ3) is 4.16. The predicted octanol–water partition coefficient (Wildman–Crippen LogP) is 4.88. The van der Waals surface area contributed by atoms with Crippen molar-refractivity contribution in [1.82, 2.24) is 5.32 Å². The highest BCUT2D eigenvalue weighted by atomic mass is 32.1. The summed E-state index contributed by atoms with van der Waals surface area (Å²) >= 11 is 1.17. The lowest BCUT2D eigenvalue weighted by molar-refractivity contribution is -0.137. The molecule has 1 aliphatic heterocycles. The van der Waals surface area contributed by atoms with Gasteiger partial charge in [-0.1, -0.05) is 0 Å². The molecule has 0 aliphatic carbocycles. The fourth-order valence-corrected chi connectivity index (χ4v) is 5.09. The molecule has 2 aromatic rings. The summed E-state index contributed by atoms with van der Waals surface area (Å²) in [5, 5.41) is 16.0. The van der Waals surface area contributed by atoms with Crippen LogP contribution in [0.2, 0.25) is 0 Å². The Morgan fingerprint density at radius 3 is 2.24 bits per heavy atom. The molecule has 1 amide bonds. The quantitative estimate of drug-likeness (QED) is 0.654. The first kappa shape index (κ1) is 21.3. The summed E-state index contributed by atoms with van der Waals surface area (Å²) in [6, 6.07) is 3.78. The third-order valence-electron chi connectivity index (χ3n) is 4.76. The van der Waals surface area contributed by atoms with Crippen LogP contribution >= 0.6 is 11.3 Å². The molecule has 0 fully saturated rings. The molecule has 5 nitrogen and oxygen atoms in total. The van der Waals surface area contributed by atoms with Gasteiger partial charge in [-0.25, -0.2) is 4.79 Å². The number of hydrogen-bond donors (Lipinski definition) is 3. The summed E-state index contributed by atoms with van der Waals surface area (Å²) in [5.41, 5.74) is -0.980. The number of thiophene rings is 1. The monoisotopic (exact) mass is 426 g/mol. The van der Waals surface area contributed by atoms with Crippen molar-refractivity contribution in [3.8, 4) is 0 Å². The zero-order chi connectivity index (χ0) is 21.8. The molecule has 29 heavy (non-hydrogen) atoms. The lowest BCUT2D eigenvalue weighted by atomic mass is 9.81. The van der Waals surface area contributed by atoms with E-state index in [1.54, 1.807) is 0 Å². The number of anilines is 1. The molecular formula is C20H21F3N2O3S. The van der Waals surface area contributed by atoms with Gasteiger partial charge in [-0.3, -0.25) is 4.79 Å². The van der Waals surface area contributed by atoms with Crippen molar-refractivity contribution in [2.24, 2.45) is 0 Å². The molecule has 0 radical (unpaired) electrons. The maximum atomic E-state index is 12.7. The SMILES string of the molecule is CC1(C)Cc2c(sc(NC(=O)c3ccc(C(F)(F)F)cc3)c2C(=O)O)C(C)(C)N1. The molecule has 0 spiro atoms. The Morgan fingerprint density at radius 2 is 1.72 bits per heavy atom. The largest absolute Gasteiger partial charge is 0.478 e. The predicted molar refractivity (Wildman–Crippen MR) is 105 cm³/mol. The standard InChI is InChI=1S/C20H21F3N2O3S/c1-18(2)9-12-13(17(27)28)16(29-14(12)19(3,4)25-18)24-15(26)10-5-7-11(8-6-10)20(21,22)23/h5-8,25H,9H2,1-4H3,(H,24,26)(H,27,28). The fraction of sp³-hybridized carbons (Fsp3) is 0.400. The highest BCUT2D eigenvalue weighted by molar-refractivity contribution is 7.17. The highest BCUT2D eigenvalue weighted by Crippen LogP contribution is 2.45. The summed E-state index contributed by atoms with van der Waals surface area (Å²) in [4.78, 5) is 25.3. The van der Waals surface area contributed by atoms with Crippen molar-refractivity contribution >= 4 is 28.2 Å². The van der Waals surface area contributed by atoms with Crippen LogP contribution in [0.4, 0.5) is 18.2 Å². The number of aromatic carboxylic acids is 1. The summed E-state index contributed by atoms with van der Waals surface area (Å²) < 4.78 is 38.1. The number of alkyl halides is 3. The molecule has 1 aromatic heterocycles. The number of nitrogens with one attached hydrogen (secondary N) is 2. The van der Waals surface area contributed by atoms with E-state index in [1.807, 2.05) is 27.7 Å². The van der Waals surface area contributed by atoms with E-state index in [1.165, 1.54) is 11.3 Å². The van der Waals surface area contributed by atoms with E-state index in [0.717, 1.165) is 29.1 Å². The van der Waals surface area contributed by atoms with Gasteiger partial charge >= 0.3 is 12.1 Å². The molecule has 0 saturated carbocycles. The van der Waals surface area contributed by atoms with E-state index in [-0.39, 0.29) is 21.7 Å². The number of fused-ring (bicyclic) bond motifs is 1. The first-order valence-corrected chi connectivity index (χ1v) is 9.70. The van der Waals surface area contributed by atoms with Gasteiger partial charge in [-0.15, -0.1) is 11.3 Å². The van der Waals surface area contributed by atoms with Crippen LogP contribution in [0.15, 0.2) is 24.3 Å². The van der Waals surface area contributed by atoms with Crippen molar-refractivity contribution in [1.29, 1.82) is 0 Å². The van der Waals surface area contributed by atoms with E-state index in [4.69, 9.17) is 0 Å². The van der Waals surface area contributed by atoms with Gasteiger partial charge in [0.25, 0.3) is 5.91 Å². The molecule has 2 heterocycles. The van der Waals surface area contributed by atoms with E-state index in [2.05, 4.69) is 10.6 Å². The Morgan fingerprint density at radius 1 is 1.14 bits per heavy atom. The van der Waals surface area contributed by atoms with Crippen molar-refractivity contribution in [3.05, 3.63) is 51.4 Å². The van der Waals surface area contributed by atoms with Crippen molar-refractivity contribution in [3.63, 3.8) is 0 Å². The van der Waals surface area contributed by atoms with Crippen LogP contribution in [0.1, 0.15) is 64.4 Å². The molecule has 3 rings (SSSR count). The van der Waals surface area contributed by atoms with Gasteiger partial charge < -0.3 is 15.7 Å². The lowest BCUT2D eigenvalue weighted by Crippen LogP contribution is -2.55. The van der Waals surface area contributed by atoms with E-state index >= 15 is 0 Å². The number of halogens is 3. The summed E-state index contributed by atoms with van der Waals surface area (Å²) in [7, 11) is 0. The molecule has 0 unspecified atom stereocenters. The average molecular weight is 426 g/mol. The van der Waals surface area contributed by atoms with Crippen LogP contribution in [-0.2, 0) is 18.1 Å². The minimum Gasteiger partial charge on any atom is -0.478 e. The Kier molecular flexibility index (Phi) is 5.03. The molecule has 0 saturated heterocycles. The number of carbonyl (C=O) groups excluding carboxylic acids is 1. The summed E-state index contributed by atoms with van der Waals surface area (Å²) in [6.45, 7) is 7.83. The van der Waals surface area contributed by atoms with Crippen LogP contribution in [0, 0.1) is 0 Å². The summed E-state index contributed by atoms with van der Waals surface area (Å²) in [5.74, 6) is -1.82. The number of carboxylic acid groups (broad SMARTS) is 1. The zero-order valence-corrected chi connectivity index (χ0v) is 17.1. The Labute approximate surface area is 169 Å². The molecule has 0 bridgehead atoms. The lowest BCUT2D eigenvalue weighted by Gasteiger charge is -2.42. The fourth-order valence-electron chi connectivity index (χ4n) is 3.83. The first-order valence-electron chi connectivity index (χ1n) is 8.89. The minimum atomic E-state index is -4.50. The number of benzene rings is 1. The molecule has 156 valence electrons. The van der Waals surface area contributed by atoms with Crippen molar-refractivity contribution < 1.29 is 27.9 Å². The van der Waals surface area contributed by atoms with Crippen molar-refractivity contribution in [2.75, 3.05) is 5.32 Å². The number of amides is 1. The summed E-state index contributed by atoms with van der Waals surface area (Å²) in [6.07, 6.45) is -4.02. The molecule has 1 aromatic carbocycles. The van der Waals surface area contributed by atoms with Crippen LogP contribution in [0.3, 0.4) is 0 Å². The Hall–Kier alpha value is -2.39. The van der Waals surface area contributed by atoms with Gasteiger partial charge in [0.1, 0.15) is 5.00 Å². The number of rotatable bonds is 3. The van der Waals surface area contributed by atoms with Gasteiger partial charge in [-0.2, -0.15) is 13.2 Å². The van der Waals surface area contributed by atoms with Crippen LogP contribution in [0.25, 0.3) is 0 Å². The van der Waals surface area contributed by atoms with E-state index in [0.29, 0.717) is 12.0 Å². The van der Waals surface area contributed by atoms with E-state index < -0.39 is 29.2 Å². The van der Waals surface area contributed by atoms with E-state index in [9.17, 15) is 27.9 Å². The first-order chi connectivity index (χ1) is 13.2. The average Bonchev–Trinajstić information content (AvgIpc) is 2.91. The second kappa shape index (κ2) is 6.84.